The fourth-order valence-corrected chi connectivity index (χ4v) is 11.0. The van der Waals surface area contributed by atoms with E-state index in [1.807, 2.05) is 0 Å². The van der Waals surface area contributed by atoms with Crippen LogP contribution in [0.4, 0.5) is 0 Å². The van der Waals surface area contributed by atoms with Crippen molar-refractivity contribution in [3.63, 3.8) is 0 Å². The number of aliphatic hydroxyl groups excluding tert-OH is 1. The van der Waals surface area contributed by atoms with E-state index >= 15 is 0 Å². The first-order valence-electron chi connectivity index (χ1n) is 28.8. The zero-order valence-corrected chi connectivity index (χ0v) is 50.5. The highest BCUT2D eigenvalue weighted by Crippen LogP contribution is 2.24. The first-order valence-corrected chi connectivity index (χ1v) is 31.3. The van der Waals surface area contributed by atoms with E-state index in [0.29, 0.717) is 12.0 Å². The molecule has 0 saturated carbocycles. The minimum atomic E-state index is -1.67. The zero-order valence-electron chi connectivity index (χ0n) is 48.9. The summed E-state index contributed by atoms with van der Waals surface area (Å²) in [5.74, 6) is -10.0. The molecule has 3 unspecified atom stereocenters. The lowest BCUT2D eigenvalue weighted by molar-refractivity contribution is -0.136. The number of rotatable bonds is 30. The topological polar surface area (TPSA) is 484 Å². The fourth-order valence-electron chi connectivity index (χ4n) is 8.71. The van der Waals surface area contributed by atoms with Crippen molar-refractivity contribution in [1.82, 2.24) is 53.2 Å². The van der Waals surface area contributed by atoms with Gasteiger partial charge in [0.05, 0.1) is 6.10 Å². The van der Waals surface area contributed by atoms with Crippen LogP contribution in [0.5, 0.6) is 0 Å². The maximum absolute atomic E-state index is 14.5. The van der Waals surface area contributed by atoms with Crippen LogP contribution in [0.1, 0.15) is 117 Å². The van der Waals surface area contributed by atoms with Crippen LogP contribution in [0.2, 0.25) is 0 Å². The smallest absolute Gasteiger partial charge is 0.245 e. The lowest BCUT2D eigenvalue weighted by Gasteiger charge is -2.28. The Labute approximate surface area is 500 Å². The summed E-state index contributed by atoms with van der Waals surface area (Å²) in [5.41, 5.74) is 35.7. The molecule has 1 aliphatic heterocycles. The summed E-state index contributed by atoms with van der Waals surface area (Å²) in [7, 11) is 1.87. The van der Waals surface area contributed by atoms with Crippen LogP contribution in [0, 0.1) is 5.92 Å². The zero-order chi connectivity index (χ0) is 62.7. The molecule has 11 amide bonds. The number of hydrogen-bond donors (Lipinski definition) is 17. The first-order chi connectivity index (χ1) is 40.0. The standard InChI is InChI=1S/C54H94N16O12S2/c1-5-6-7-8-9-13-16-43(72)61-34(17-22-55)50(78)70-44(32(4)71)54(82)65-38(21-26-59)49(77)69-42-30-84-83-29-41(45(60)73)68-48(76)37(20-25-58)62-46(74)35(18-23-56)63-51(79)39(27-31(2)3)66-52(80)40(28-33-14-11-10-12-15-33)67-47(75)36(19-24-57)64-53(42)81/h10-12,14-15,31-32,34-42,44,71H,5-9,13,16-30,55-59H2,1-4H3,(H2,60,73)(H,61,72)(H,62,74)(H,63,79)(H,64,81)(H,65,82)(H,66,80)(H,67,75)(H,68,76)(H,69,77)(H,70,78)/t32?,34?,35-,36-,37-,38-,39?,40+,41-,42-,44-/m0/s1. The molecule has 23 N–H and O–H groups in total. The van der Waals surface area contributed by atoms with Gasteiger partial charge in [-0.1, -0.05) is 105 Å². The summed E-state index contributed by atoms with van der Waals surface area (Å²) >= 11 is 0. The van der Waals surface area contributed by atoms with E-state index in [2.05, 4.69) is 60.1 Å². The number of nitrogens with one attached hydrogen (secondary N) is 10. The first kappa shape index (κ1) is 74.0. The van der Waals surface area contributed by atoms with Crippen LogP contribution in [0.25, 0.3) is 0 Å². The predicted octanol–water partition coefficient (Wildman–Crippen LogP) is -4.12. The predicted molar refractivity (Wildman–Crippen MR) is 321 cm³/mol. The summed E-state index contributed by atoms with van der Waals surface area (Å²) < 4.78 is 0. The number of aliphatic hydroxyl groups is 1. The highest BCUT2D eigenvalue weighted by atomic mass is 33.1. The summed E-state index contributed by atoms with van der Waals surface area (Å²) in [4.78, 5) is 152. The number of amides is 11. The van der Waals surface area contributed by atoms with E-state index in [-0.39, 0.29) is 102 Å². The van der Waals surface area contributed by atoms with Crippen LogP contribution in [-0.2, 0) is 59.2 Å². The van der Waals surface area contributed by atoms with Gasteiger partial charge in [0.25, 0.3) is 0 Å². The van der Waals surface area contributed by atoms with E-state index in [4.69, 9.17) is 34.4 Å². The van der Waals surface area contributed by atoms with Crippen LogP contribution in [0.3, 0.4) is 0 Å². The molecule has 1 fully saturated rings. The van der Waals surface area contributed by atoms with Gasteiger partial charge in [-0.05, 0) is 96.1 Å². The number of hydrogen-bond acceptors (Lipinski definition) is 19. The number of primary amides is 1. The summed E-state index contributed by atoms with van der Waals surface area (Å²) in [6.45, 7) is 6.35. The highest BCUT2D eigenvalue weighted by Gasteiger charge is 2.37. The van der Waals surface area contributed by atoms with Crippen molar-refractivity contribution in [1.29, 1.82) is 0 Å². The number of carbonyl (C=O) groups excluding carboxylic acids is 11. The van der Waals surface area contributed by atoms with Crippen LogP contribution < -0.4 is 87.6 Å². The number of benzene rings is 1. The van der Waals surface area contributed by atoms with Gasteiger partial charge >= 0.3 is 0 Å². The van der Waals surface area contributed by atoms with Crippen LogP contribution >= 0.6 is 21.6 Å². The Hall–Kier alpha value is -6.15. The third-order valence-electron chi connectivity index (χ3n) is 13.4. The summed E-state index contributed by atoms with van der Waals surface area (Å²) in [6, 6.07) is -5.44. The van der Waals surface area contributed by atoms with Crippen molar-refractivity contribution in [3.8, 4) is 0 Å². The quantitative estimate of drug-likeness (QED) is 0.0257. The van der Waals surface area contributed by atoms with Gasteiger partial charge in [0.1, 0.15) is 60.4 Å². The average molecular weight is 1220 g/mol. The lowest BCUT2D eigenvalue weighted by Crippen LogP contribution is -2.62. The third-order valence-corrected chi connectivity index (χ3v) is 15.8. The molecule has 1 aromatic carbocycles. The van der Waals surface area contributed by atoms with E-state index in [1.165, 1.54) is 6.92 Å². The van der Waals surface area contributed by atoms with Crippen molar-refractivity contribution in [3.05, 3.63) is 35.9 Å². The monoisotopic (exact) mass is 1220 g/mol. The number of unbranched alkanes of at least 4 members (excludes halogenated alkanes) is 5. The van der Waals surface area contributed by atoms with Crippen molar-refractivity contribution in [2.75, 3.05) is 44.2 Å². The average Bonchev–Trinajstić information content (AvgIpc) is 3.66. The second kappa shape index (κ2) is 41.0. The molecular weight excluding hydrogens is 1130 g/mol. The Balaban J connectivity index is 2.63. The van der Waals surface area contributed by atoms with Gasteiger partial charge in [0.2, 0.25) is 65.0 Å². The Morgan fingerprint density at radius 3 is 1.57 bits per heavy atom. The van der Waals surface area contributed by atoms with E-state index in [0.717, 1.165) is 53.7 Å². The van der Waals surface area contributed by atoms with E-state index in [1.54, 1.807) is 44.2 Å². The Bertz CT molecular complexity index is 2270. The molecule has 1 aliphatic rings. The van der Waals surface area contributed by atoms with Gasteiger partial charge in [-0.2, -0.15) is 0 Å². The third kappa shape index (κ3) is 27.7. The van der Waals surface area contributed by atoms with Crippen LogP contribution in [0.15, 0.2) is 30.3 Å². The molecule has 84 heavy (non-hydrogen) atoms. The molecule has 1 aromatic rings. The normalized spacial score (nSPS) is 22.2. The number of nitrogens with two attached hydrogens (primary N) is 6. The van der Waals surface area contributed by atoms with Gasteiger partial charge in [-0.25, -0.2) is 0 Å². The van der Waals surface area contributed by atoms with Gasteiger partial charge in [-0.15, -0.1) is 0 Å². The van der Waals surface area contributed by atoms with Crippen molar-refractivity contribution < 1.29 is 57.8 Å². The van der Waals surface area contributed by atoms with Crippen molar-refractivity contribution in [2.45, 2.75) is 184 Å². The molecular formula is C54H94N16O12S2. The van der Waals surface area contributed by atoms with Gasteiger partial charge < -0.3 is 92.7 Å². The molecule has 1 heterocycles. The van der Waals surface area contributed by atoms with Crippen molar-refractivity contribution in [2.24, 2.45) is 40.3 Å². The molecule has 28 nitrogen and oxygen atoms in total. The van der Waals surface area contributed by atoms with Gasteiger partial charge in [-0.3, -0.25) is 52.7 Å². The maximum atomic E-state index is 14.5. The molecule has 30 heteroatoms. The molecule has 0 aromatic heterocycles. The van der Waals surface area contributed by atoms with E-state index < -0.39 is 132 Å². The SMILES string of the molecule is CCCCCCCCC(=O)NC(CCN)C(=O)N[C@H](C(=O)N[C@@H](CCN)C(=O)N[C@H]1CSSC[C@@H](C(N)=O)NC(=O)[C@H](CCN)NC(=O)[C@H](CCN)NC(=O)C(CC(C)C)NC(=O)[C@@H](Cc2ccccc2)NC(=O)[C@H](CCN)NC1=O)C(C)O. The molecule has 0 spiro atoms. The highest BCUT2D eigenvalue weighted by molar-refractivity contribution is 8.76. The minimum absolute atomic E-state index is 0.000438. The Morgan fingerprint density at radius 2 is 1.05 bits per heavy atom. The lowest BCUT2D eigenvalue weighted by atomic mass is 10.00. The van der Waals surface area contributed by atoms with Gasteiger partial charge in [0.15, 0.2) is 0 Å². The molecule has 1 saturated heterocycles. The second-order valence-electron chi connectivity index (χ2n) is 21.0. The van der Waals surface area contributed by atoms with Crippen molar-refractivity contribution >= 4 is 86.6 Å². The maximum Gasteiger partial charge on any atom is 0.245 e. The van der Waals surface area contributed by atoms with E-state index in [9.17, 15) is 57.8 Å². The molecule has 474 valence electrons. The largest absolute Gasteiger partial charge is 0.391 e. The van der Waals surface area contributed by atoms with Gasteiger partial charge in [0, 0.05) is 24.3 Å². The molecule has 0 radical (unpaired) electrons. The fraction of sp³-hybridized carbons (Fsp3) is 0.685. The molecule has 0 aliphatic carbocycles. The Kier molecular flexibility index (Phi) is 36.1. The molecule has 11 atom stereocenters. The molecule has 2 rings (SSSR count). The second-order valence-corrected chi connectivity index (χ2v) is 23.6. The summed E-state index contributed by atoms with van der Waals surface area (Å²) in [5, 5.41) is 36.7. The number of carbonyl (C=O) groups is 11. The molecule has 0 bridgehead atoms. The summed E-state index contributed by atoms with van der Waals surface area (Å²) in [6.07, 6.45) is 3.53. The minimum Gasteiger partial charge on any atom is -0.391 e. The van der Waals surface area contributed by atoms with Crippen LogP contribution in [-0.4, -0.2) is 181 Å². The Morgan fingerprint density at radius 1 is 0.571 bits per heavy atom.